The number of hydrogen-bond acceptors (Lipinski definition) is 0. The van der Waals surface area contributed by atoms with Gasteiger partial charge in [-0.1, -0.05) is 39.7 Å². The van der Waals surface area contributed by atoms with Crippen molar-refractivity contribution in [3.8, 4) is 0 Å². The normalized spacial score (nSPS) is 9.56. The molecule has 0 aliphatic heterocycles. The van der Waals surface area contributed by atoms with Crippen molar-refractivity contribution in [3.63, 3.8) is 0 Å². The molecule has 47 valence electrons. The van der Waals surface area contributed by atoms with Gasteiger partial charge in [-0.25, -0.2) is 0 Å². The Morgan fingerprint density at radius 2 is 2.44 bits per heavy atom. The molecule has 0 amide bonds. The molecule has 0 nitrogen and oxygen atoms in total. The summed E-state index contributed by atoms with van der Waals surface area (Å²) in [6, 6.07) is 8.53. The zero-order valence-electron chi connectivity index (χ0n) is 4.70. The fourth-order valence-corrected chi connectivity index (χ4v) is 1.12. The van der Waals surface area contributed by atoms with Crippen molar-refractivity contribution >= 4 is 27.5 Å². The maximum absolute atomic E-state index is 5.65. The third-order valence-electron chi connectivity index (χ3n) is 0.985. The minimum atomic E-state index is 0.673. The Bertz CT molecular complexity index is 198. The Morgan fingerprint density at radius 3 is 2.89 bits per heavy atom. The number of rotatable bonds is 1. The number of alkyl halides is 1. The second-order valence-corrected chi connectivity index (χ2v) is 2.65. The van der Waals surface area contributed by atoms with Gasteiger partial charge in [0.25, 0.3) is 0 Å². The summed E-state index contributed by atoms with van der Waals surface area (Å²) in [4.78, 5) is 0. The highest BCUT2D eigenvalue weighted by Gasteiger charge is 1.89. The molecule has 9 heavy (non-hydrogen) atoms. The molecule has 2 heteroatoms. The van der Waals surface area contributed by atoms with Crippen molar-refractivity contribution in [2.24, 2.45) is 0 Å². The van der Waals surface area contributed by atoms with E-state index in [1.165, 1.54) is 5.56 Å². The van der Waals surface area contributed by atoms with Crippen LogP contribution in [0.4, 0.5) is 0 Å². The SMILES string of the molecule is Clc1[c]ccc(CBr)c1. The van der Waals surface area contributed by atoms with Gasteiger partial charge in [0.2, 0.25) is 0 Å². The number of halogens is 2. The lowest BCUT2D eigenvalue weighted by Crippen LogP contribution is -1.73. The summed E-state index contributed by atoms with van der Waals surface area (Å²) < 4.78 is 0. The van der Waals surface area contributed by atoms with Crippen LogP contribution in [0.1, 0.15) is 5.56 Å². The molecule has 0 heterocycles. The van der Waals surface area contributed by atoms with Crippen LogP contribution in [0.25, 0.3) is 0 Å². The first kappa shape index (κ1) is 7.10. The average Bonchev–Trinajstić information content (AvgIpc) is 1.88. The van der Waals surface area contributed by atoms with E-state index in [0.29, 0.717) is 5.02 Å². The van der Waals surface area contributed by atoms with Gasteiger partial charge in [0.15, 0.2) is 0 Å². The summed E-state index contributed by atoms with van der Waals surface area (Å²) in [6.45, 7) is 0. The Hall–Kier alpha value is -0.0100. The van der Waals surface area contributed by atoms with Gasteiger partial charge in [-0.3, -0.25) is 0 Å². The van der Waals surface area contributed by atoms with E-state index >= 15 is 0 Å². The van der Waals surface area contributed by atoms with Crippen LogP contribution in [0.3, 0.4) is 0 Å². The summed E-state index contributed by atoms with van der Waals surface area (Å²) in [6.07, 6.45) is 0. The van der Waals surface area contributed by atoms with E-state index in [-0.39, 0.29) is 0 Å². The van der Waals surface area contributed by atoms with Crippen LogP contribution in [-0.2, 0) is 5.33 Å². The van der Waals surface area contributed by atoms with Crippen molar-refractivity contribution in [1.29, 1.82) is 0 Å². The van der Waals surface area contributed by atoms with E-state index in [4.69, 9.17) is 11.6 Å². The Balaban J connectivity index is 2.94. The molecule has 0 saturated carbocycles. The highest BCUT2D eigenvalue weighted by molar-refractivity contribution is 9.08. The average molecular weight is 204 g/mol. The van der Waals surface area contributed by atoms with Gasteiger partial charge < -0.3 is 0 Å². The lowest BCUT2D eigenvalue weighted by Gasteiger charge is -1.92. The van der Waals surface area contributed by atoms with Gasteiger partial charge in [0.05, 0.1) is 0 Å². The molecule has 1 aromatic carbocycles. The molecule has 0 bridgehead atoms. The van der Waals surface area contributed by atoms with Crippen LogP contribution < -0.4 is 0 Å². The van der Waals surface area contributed by atoms with Crippen molar-refractivity contribution in [1.82, 2.24) is 0 Å². The maximum Gasteiger partial charge on any atom is 0.0487 e. The lowest BCUT2D eigenvalue weighted by atomic mass is 10.2. The number of benzene rings is 1. The fourth-order valence-electron chi connectivity index (χ4n) is 0.564. The first-order chi connectivity index (χ1) is 4.33. The molecule has 1 rings (SSSR count). The Morgan fingerprint density at radius 1 is 1.67 bits per heavy atom. The van der Waals surface area contributed by atoms with Crippen LogP contribution in [-0.4, -0.2) is 0 Å². The van der Waals surface area contributed by atoms with Crippen LogP contribution in [0.15, 0.2) is 18.2 Å². The molecule has 0 aliphatic rings. The van der Waals surface area contributed by atoms with Crippen LogP contribution in [0.2, 0.25) is 5.02 Å². The zero-order valence-corrected chi connectivity index (χ0v) is 7.04. The zero-order chi connectivity index (χ0) is 6.69. The summed E-state index contributed by atoms with van der Waals surface area (Å²) >= 11 is 8.97. The van der Waals surface area contributed by atoms with E-state index in [1.54, 1.807) is 0 Å². The fraction of sp³-hybridized carbons (Fsp3) is 0.143. The van der Waals surface area contributed by atoms with Gasteiger partial charge >= 0.3 is 0 Å². The molecule has 0 aliphatic carbocycles. The summed E-state index contributed by atoms with van der Waals surface area (Å²) in [5.41, 5.74) is 1.18. The first-order valence-corrected chi connectivity index (χ1v) is 4.05. The van der Waals surface area contributed by atoms with E-state index in [1.807, 2.05) is 18.2 Å². The smallest absolute Gasteiger partial charge is 0.0487 e. The maximum atomic E-state index is 5.65. The number of hydrogen-bond donors (Lipinski definition) is 0. The predicted molar refractivity (Wildman–Crippen MR) is 42.9 cm³/mol. The molecule has 0 N–H and O–H groups in total. The molecular formula is C7H5BrCl. The predicted octanol–water partition coefficient (Wildman–Crippen LogP) is 3.04. The van der Waals surface area contributed by atoms with Crippen LogP contribution in [0, 0.1) is 6.07 Å². The highest BCUT2D eigenvalue weighted by atomic mass is 79.9. The molecule has 0 spiro atoms. The standard InChI is InChI=1S/C7H5BrCl/c8-5-6-2-1-3-7(9)4-6/h1-2,4H,5H2. The minimum absolute atomic E-state index is 0.673. The second-order valence-electron chi connectivity index (χ2n) is 1.68. The van der Waals surface area contributed by atoms with Crippen molar-refractivity contribution < 1.29 is 0 Å². The van der Waals surface area contributed by atoms with E-state index in [2.05, 4.69) is 22.0 Å². The molecule has 0 atom stereocenters. The largest absolute Gasteiger partial charge is 0.0876 e. The summed E-state index contributed by atoms with van der Waals surface area (Å²) in [5.74, 6) is 0. The molecule has 0 fully saturated rings. The lowest BCUT2D eigenvalue weighted by molar-refractivity contribution is 1.43. The van der Waals surface area contributed by atoms with Gasteiger partial charge in [-0.15, -0.1) is 0 Å². The molecule has 1 aromatic rings. The molecule has 1 radical (unpaired) electrons. The first-order valence-electron chi connectivity index (χ1n) is 2.55. The van der Waals surface area contributed by atoms with Crippen molar-refractivity contribution in [3.05, 3.63) is 34.9 Å². The van der Waals surface area contributed by atoms with Gasteiger partial charge in [0.1, 0.15) is 0 Å². The quantitative estimate of drug-likeness (QED) is 0.617. The topological polar surface area (TPSA) is 0 Å². The van der Waals surface area contributed by atoms with Crippen LogP contribution >= 0.6 is 27.5 Å². The highest BCUT2D eigenvalue weighted by Crippen LogP contribution is 2.11. The Labute approximate surface area is 68.0 Å². The van der Waals surface area contributed by atoms with Crippen molar-refractivity contribution in [2.75, 3.05) is 0 Å². The molecular weight excluding hydrogens is 199 g/mol. The second kappa shape index (κ2) is 3.23. The van der Waals surface area contributed by atoms with Gasteiger partial charge in [-0.05, 0) is 11.6 Å². The monoisotopic (exact) mass is 203 g/mol. The molecule has 0 aromatic heterocycles. The van der Waals surface area contributed by atoms with Crippen molar-refractivity contribution in [2.45, 2.75) is 5.33 Å². The van der Waals surface area contributed by atoms with E-state index < -0.39 is 0 Å². The van der Waals surface area contributed by atoms with E-state index in [9.17, 15) is 0 Å². The van der Waals surface area contributed by atoms with Gasteiger partial charge in [0, 0.05) is 16.4 Å². The molecule has 0 unspecified atom stereocenters. The van der Waals surface area contributed by atoms with Crippen LogP contribution in [0.5, 0.6) is 0 Å². The minimum Gasteiger partial charge on any atom is -0.0876 e. The van der Waals surface area contributed by atoms with E-state index in [0.717, 1.165) is 5.33 Å². The third-order valence-corrected chi connectivity index (χ3v) is 1.85. The van der Waals surface area contributed by atoms with Gasteiger partial charge in [-0.2, -0.15) is 0 Å². The Kier molecular flexibility index (Phi) is 2.55. The molecule has 0 saturated heterocycles. The summed E-state index contributed by atoms with van der Waals surface area (Å²) in [7, 11) is 0. The summed E-state index contributed by atoms with van der Waals surface area (Å²) in [5, 5.41) is 1.52. The third kappa shape index (κ3) is 1.99.